The minimum atomic E-state index is -4.14. The van der Waals surface area contributed by atoms with Gasteiger partial charge in [-0.05, 0) is 11.1 Å². The Morgan fingerprint density at radius 3 is 2.27 bits per heavy atom. The van der Waals surface area contributed by atoms with E-state index < -0.39 is 15.4 Å². The Balaban J connectivity index is 3.09. The zero-order valence-electron chi connectivity index (χ0n) is 8.13. The molecule has 1 rings (SSSR count). The largest absolute Gasteiger partial charge is 0.326 e. The fourth-order valence-electron chi connectivity index (χ4n) is 1.27. The predicted octanol–water partition coefficient (Wildman–Crippen LogP) is 1.26. The lowest BCUT2D eigenvalue weighted by Gasteiger charge is -2.09. The van der Waals surface area contributed by atoms with Crippen molar-refractivity contribution in [2.75, 3.05) is 0 Å². The van der Waals surface area contributed by atoms with Crippen LogP contribution in [0.1, 0.15) is 16.4 Å². The smallest absolute Gasteiger partial charge is 0.275 e. The molecular formula is C10H13NO3S. The summed E-state index contributed by atoms with van der Waals surface area (Å²) in [7, 11) is -4.14. The van der Waals surface area contributed by atoms with Gasteiger partial charge in [0.25, 0.3) is 10.1 Å². The van der Waals surface area contributed by atoms with Crippen molar-refractivity contribution in [3.63, 3.8) is 0 Å². The molecule has 0 aliphatic carbocycles. The van der Waals surface area contributed by atoms with Crippen LogP contribution in [0.5, 0.6) is 0 Å². The number of rotatable bonds is 4. The summed E-state index contributed by atoms with van der Waals surface area (Å²) in [5, 5.41) is -1.08. The third-order valence-electron chi connectivity index (χ3n) is 2.08. The second-order valence-electron chi connectivity index (χ2n) is 3.12. The van der Waals surface area contributed by atoms with Gasteiger partial charge < -0.3 is 5.73 Å². The maximum Gasteiger partial charge on any atom is 0.275 e. The zero-order valence-corrected chi connectivity index (χ0v) is 8.94. The molecule has 0 radical (unpaired) electrons. The lowest BCUT2D eigenvalue weighted by molar-refractivity contribution is 0.476. The van der Waals surface area contributed by atoms with Crippen molar-refractivity contribution in [2.45, 2.75) is 11.8 Å². The molecule has 15 heavy (non-hydrogen) atoms. The van der Waals surface area contributed by atoms with Gasteiger partial charge in [0.1, 0.15) is 5.25 Å². The van der Waals surface area contributed by atoms with Crippen LogP contribution in [0.4, 0.5) is 0 Å². The molecule has 0 saturated carbocycles. The third kappa shape index (κ3) is 2.89. The van der Waals surface area contributed by atoms with E-state index in [0.717, 1.165) is 5.56 Å². The lowest BCUT2D eigenvalue weighted by atomic mass is 10.1. The molecule has 82 valence electrons. The highest BCUT2D eigenvalue weighted by atomic mass is 32.2. The summed E-state index contributed by atoms with van der Waals surface area (Å²) in [5.41, 5.74) is 6.78. The van der Waals surface area contributed by atoms with E-state index in [1.54, 1.807) is 24.3 Å². The molecule has 3 N–H and O–H groups in total. The Kier molecular flexibility index (Phi) is 3.62. The van der Waals surface area contributed by atoms with Gasteiger partial charge in [-0.3, -0.25) is 4.55 Å². The van der Waals surface area contributed by atoms with E-state index in [2.05, 4.69) is 6.58 Å². The molecule has 0 aliphatic heterocycles. The van der Waals surface area contributed by atoms with Crippen molar-refractivity contribution in [1.82, 2.24) is 0 Å². The molecule has 1 aromatic rings. The Labute approximate surface area is 89.2 Å². The van der Waals surface area contributed by atoms with E-state index in [1.165, 1.54) is 6.08 Å². The predicted molar refractivity (Wildman–Crippen MR) is 58.8 cm³/mol. The van der Waals surface area contributed by atoms with Crippen LogP contribution in [0.25, 0.3) is 0 Å². The van der Waals surface area contributed by atoms with Crippen molar-refractivity contribution in [3.05, 3.63) is 48.0 Å². The highest BCUT2D eigenvalue weighted by molar-refractivity contribution is 7.86. The van der Waals surface area contributed by atoms with Gasteiger partial charge in [0, 0.05) is 6.54 Å². The minimum absolute atomic E-state index is 0.394. The number of benzene rings is 1. The summed E-state index contributed by atoms with van der Waals surface area (Å²) in [6.07, 6.45) is 1.19. The maximum absolute atomic E-state index is 11.0. The van der Waals surface area contributed by atoms with E-state index in [4.69, 9.17) is 10.3 Å². The molecule has 0 aliphatic rings. The Morgan fingerprint density at radius 2 is 1.93 bits per heavy atom. The summed E-state index contributed by atoms with van der Waals surface area (Å²) >= 11 is 0. The summed E-state index contributed by atoms with van der Waals surface area (Å²) in [6, 6.07) is 6.67. The molecule has 1 unspecified atom stereocenters. The van der Waals surface area contributed by atoms with Crippen LogP contribution < -0.4 is 5.73 Å². The summed E-state index contributed by atoms with van der Waals surface area (Å²) in [6.45, 7) is 3.78. The van der Waals surface area contributed by atoms with Crippen molar-refractivity contribution in [3.8, 4) is 0 Å². The normalized spacial score (nSPS) is 13.5. The van der Waals surface area contributed by atoms with E-state index in [1.807, 2.05) is 0 Å². The van der Waals surface area contributed by atoms with Crippen LogP contribution in [-0.2, 0) is 16.7 Å². The highest BCUT2D eigenvalue weighted by Gasteiger charge is 2.20. The molecular weight excluding hydrogens is 214 g/mol. The number of hydrogen-bond acceptors (Lipinski definition) is 3. The van der Waals surface area contributed by atoms with Crippen LogP contribution in [0.15, 0.2) is 36.9 Å². The van der Waals surface area contributed by atoms with Gasteiger partial charge in [0.05, 0.1) is 0 Å². The molecule has 0 saturated heterocycles. The monoisotopic (exact) mass is 227 g/mol. The molecule has 0 aromatic heterocycles. The second-order valence-corrected chi connectivity index (χ2v) is 4.65. The molecule has 0 fully saturated rings. The van der Waals surface area contributed by atoms with Crippen molar-refractivity contribution in [1.29, 1.82) is 0 Å². The molecule has 1 atom stereocenters. The van der Waals surface area contributed by atoms with Crippen LogP contribution >= 0.6 is 0 Å². The average Bonchev–Trinajstić information content (AvgIpc) is 2.18. The van der Waals surface area contributed by atoms with Gasteiger partial charge in [-0.2, -0.15) is 8.42 Å². The topological polar surface area (TPSA) is 80.4 Å². The van der Waals surface area contributed by atoms with Crippen LogP contribution in [-0.4, -0.2) is 13.0 Å². The van der Waals surface area contributed by atoms with Gasteiger partial charge in [-0.25, -0.2) is 0 Å². The standard InChI is InChI=1S/C10H13NO3S/c1-2-10(15(12,13)14)9-5-3-8(7-11)4-6-9/h2-6,10H,1,7,11H2,(H,12,13,14). The second kappa shape index (κ2) is 4.57. The maximum atomic E-state index is 11.0. The first-order valence-corrected chi connectivity index (χ1v) is 5.87. The van der Waals surface area contributed by atoms with E-state index in [0.29, 0.717) is 12.1 Å². The lowest BCUT2D eigenvalue weighted by Crippen LogP contribution is -2.09. The molecule has 0 spiro atoms. The van der Waals surface area contributed by atoms with Crippen LogP contribution in [0, 0.1) is 0 Å². The third-order valence-corrected chi connectivity index (χ3v) is 3.19. The molecule has 0 heterocycles. The van der Waals surface area contributed by atoms with E-state index in [-0.39, 0.29) is 0 Å². The fourth-order valence-corrected chi connectivity index (χ4v) is 2.02. The van der Waals surface area contributed by atoms with Crippen molar-refractivity contribution >= 4 is 10.1 Å². The number of nitrogens with two attached hydrogens (primary N) is 1. The molecule has 1 aromatic carbocycles. The van der Waals surface area contributed by atoms with Crippen LogP contribution in [0.2, 0.25) is 0 Å². The molecule has 0 amide bonds. The first-order chi connectivity index (χ1) is 6.99. The van der Waals surface area contributed by atoms with Crippen molar-refractivity contribution in [2.24, 2.45) is 5.73 Å². The van der Waals surface area contributed by atoms with E-state index >= 15 is 0 Å². The van der Waals surface area contributed by atoms with Gasteiger partial charge in [-0.15, -0.1) is 6.58 Å². The van der Waals surface area contributed by atoms with Crippen LogP contribution in [0.3, 0.4) is 0 Å². The van der Waals surface area contributed by atoms with Gasteiger partial charge in [0.2, 0.25) is 0 Å². The first kappa shape index (κ1) is 11.9. The molecule has 4 nitrogen and oxygen atoms in total. The van der Waals surface area contributed by atoms with E-state index in [9.17, 15) is 8.42 Å². The summed E-state index contributed by atoms with van der Waals surface area (Å²) in [5.74, 6) is 0. The van der Waals surface area contributed by atoms with Gasteiger partial charge in [-0.1, -0.05) is 30.3 Å². The summed E-state index contributed by atoms with van der Waals surface area (Å²) < 4.78 is 30.9. The summed E-state index contributed by atoms with van der Waals surface area (Å²) in [4.78, 5) is 0. The SMILES string of the molecule is C=CC(c1ccc(CN)cc1)S(=O)(=O)O. The Hall–Kier alpha value is -1.17. The minimum Gasteiger partial charge on any atom is -0.326 e. The first-order valence-electron chi connectivity index (χ1n) is 4.37. The quantitative estimate of drug-likeness (QED) is 0.599. The highest BCUT2D eigenvalue weighted by Crippen LogP contribution is 2.22. The molecule has 5 heteroatoms. The van der Waals surface area contributed by atoms with Gasteiger partial charge >= 0.3 is 0 Å². The Bertz CT molecular complexity index is 436. The molecule has 0 bridgehead atoms. The fraction of sp³-hybridized carbons (Fsp3) is 0.200. The van der Waals surface area contributed by atoms with Gasteiger partial charge in [0.15, 0.2) is 0 Å². The van der Waals surface area contributed by atoms with Crippen molar-refractivity contribution < 1.29 is 13.0 Å². The Morgan fingerprint density at radius 1 is 1.40 bits per heavy atom. The zero-order chi connectivity index (χ0) is 11.5. The average molecular weight is 227 g/mol. The number of hydrogen-bond donors (Lipinski definition) is 2.